The number of nitrogens with zero attached hydrogens (tertiary/aromatic N) is 2. The van der Waals surface area contributed by atoms with E-state index in [2.05, 4.69) is 6.92 Å². The molecule has 0 unspecified atom stereocenters. The number of likely N-dealkylation sites (N-methyl/N-ethyl adjacent to an activating group) is 1. The van der Waals surface area contributed by atoms with Gasteiger partial charge in [-0.15, -0.1) is 0 Å². The summed E-state index contributed by atoms with van der Waals surface area (Å²) in [6, 6.07) is 5.90. The third-order valence-electron chi connectivity index (χ3n) is 4.68. The predicted molar refractivity (Wildman–Crippen MR) is 97.6 cm³/mol. The highest BCUT2D eigenvalue weighted by Gasteiger charge is 2.33. The minimum atomic E-state index is -3.60. The van der Waals surface area contributed by atoms with Gasteiger partial charge in [0.15, 0.2) is 0 Å². The first kappa shape index (κ1) is 19.5. The summed E-state index contributed by atoms with van der Waals surface area (Å²) in [4.78, 5) is 16.1. The molecule has 0 radical (unpaired) electrons. The van der Waals surface area contributed by atoms with Crippen molar-refractivity contribution in [2.45, 2.75) is 19.9 Å². The van der Waals surface area contributed by atoms with Gasteiger partial charge in [0.05, 0.1) is 51.8 Å². The summed E-state index contributed by atoms with van der Waals surface area (Å²) < 4.78 is 31.0. The van der Waals surface area contributed by atoms with Gasteiger partial charge < -0.3 is 14.5 Å². The van der Waals surface area contributed by atoms with E-state index < -0.39 is 16.1 Å². The Bertz CT molecular complexity index is 682. The molecule has 7 nitrogen and oxygen atoms in total. The molecule has 1 aliphatic heterocycles. The number of anilines is 1. The molecule has 0 aromatic heterocycles. The van der Waals surface area contributed by atoms with Crippen molar-refractivity contribution in [3.63, 3.8) is 0 Å². The van der Waals surface area contributed by atoms with Crippen molar-refractivity contribution in [2.24, 2.45) is 0 Å². The van der Waals surface area contributed by atoms with E-state index in [0.717, 1.165) is 25.9 Å². The van der Waals surface area contributed by atoms with Crippen LogP contribution in [0.3, 0.4) is 0 Å². The number of amides is 1. The fourth-order valence-electron chi connectivity index (χ4n) is 3.19. The molecule has 140 valence electrons. The van der Waals surface area contributed by atoms with Crippen LogP contribution in [0.4, 0.5) is 5.69 Å². The average Bonchev–Trinajstić information content (AvgIpc) is 2.60. The van der Waals surface area contributed by atoms with E-state index in [1.807, 2.05) is 0 Å². The molecule has 8 heteroatoms. The van der Waals surface area contributed by atoms with Crippen LogP contribution in [-0.2, 0) is 14.8 Å². The van der Waals surface area contributed by atoms with Crippen LogP contribution in [0.15, 0.2) is 24.3 Å². The van der Waals surface area contributed by atoms with Gasteiger partial charge in [-0.05, 0) is 38.1 Å². The van der Waals surface area contributed by atoms with Crippen LogP contribution in [0, 0.1) is 0 Å². The van der Waals surface area contributed by atoms with Crippen LogP contribution >= 0.6 is 0 Å². The summed E-state index contributed by atoms with van der Waals surface area (Å²) in [5.41, 5.74) is 0.460. The van der Waals surface area contributed by atoms with Gasteiger partial charge in [-0.25, -0.2) is 8.42 Å². The molecule has 1 saturated heterocycles. The molecule has 25 heavy (non-hydrogen) atoms. The van der Waals surface area contributed by atoms with Crippen molar-refractivity contribution in [2.75, 3.05) is 50.4 Å². The molecular formula is C17H28N3O4S+. The summed E-state index contributed by atoms with van der Waals surface area (Å²) >= 11 is 0. The number of piperazine rings is 1. The molecule has 2 rings (SSSR count). The Balaban J connectivity index is 2.21. The van der Waals surface area contributed by atoms with E-state index in [9.17, 15) is 13.2 Å². The van der Waals surface area contributed by atoms with Gasteiger partial charge in [0.1, 0.15) is 11.8 Å². The van der Waals surface area contributed by atoms with Crippen molar-refractivity contribution in [3.05, 3.63) is 24.3 Å². The zero-order valence-electron chi connectivity index (χ0n) is 15.4. The maximum atomic E-state index is 12.9. The lowest BCUT2D eigenvalue weighted by Gasteiger charge is -2.36. The molecule has 0 saturated carbocycles. The zero-order valence-corrected chi connectivity index (χ0v) is 16.2. The van der Waals surface area contributed by atoms with Gasteiger partial charge >= 0.3 is 0 Å². The molecule has 1 aromatic carbocycles. The minimum absolute atomic E-state index is 0.156. The number of hydrogen-bond acceptors (Lipinski definition) is 4. The van der Waals surface area contributed by atoms with Crippen LogP contribution in [0.1, 0.15) is 13.8 Å². The lowest BCUT2D eigenvalue weighted by atomic mass is 10.2. The molecule has 1 aromatic rings. The summed E-state index contributed by atoms with van der Waals surface area (Å²) in [5.74, 6) is 0.478. The molecular weight excluding hydrogens is 342 g/mol. The number of carbonyl (C=O) groups is 1. The van der Waals surface area contributed by atoms with Crippen LogP contribution in [0.25, 0.3) is 0 Å². The normalized spacial score (nSPS) is 17.2. The average molecular weight is 370 g/mol. The van der Waals surface area contributed by atoms with Crippen molar-refractivity contribution in [1.29, 1.82) is 0 Å². The summed E-state index contributed by atoms with van der Waals surface area (Å²) in [6.45, 7) is 7.93. The summed E-state index contributed by atoms with van der Waals surface area (Å²) in [7, 11) is -2.05. The molecule has 1 N–H and O–H groups in total. The molecule has 1 atom stereocenters. The van der Waals surface area contributed by atoms with Crippen molar-refractivity contribution < 1.29 is 22.8 Å². The summed E-state index contributed by atoms with van der Waals surface area (Å²) in [5, 5.41) is 0. The number of ether oxygens (including phenoxy) is 1. The van der Waals surface area contributed by atoms with Crippen molar-refractivity contribution in [3.8, 4) is 5.75 Å². The standard InChI is InChI=1S/C17H27N3O4S/c1-5-18-10-12-19(13-11-18)17(21)14(2)20(25(4,22)23)15-6-8-16(24-3)9-7-15/h6-9,14H,5,10-13H2,1-4H3/p+1/t14-/m1/s1. The first-order valence-electron chi connectivity index (χ1n) is 8.53. The fourth-order valence-corrected chi connectivity index (χ4v) is 4.36. The highest BCUT2D eigenvalue weighted by molar-refractivity contribution is 7.92. The second-order valence-electron chi connectivity index (χ2n) is 6.36. The van der Waals surface area contributed by atoms with Gasteiger partial charge in [0, 0.05) is 0 Å². The largest absolute Gasteiger partial charge is 0.497 e. The highest BCUT2D eigenvalue weighted by Crippen LogP contribution is 2.24. The molecule has 1 fully saturated rings. The topological polar surface area (TPSA) is 71.4 Å². The number of rotatable bonds is 6. The summed E-state index contributed by atoms with van der Waals surface area (Å²) in [6.07, 6.45) is 1.13. The number of sulfonamides is 1. The number of benzene rings is 1. The third-order valence-corrected chi connectivity index (χ3v) is 5.92. The number of quaternary nitrogens is 1. The number of carbonyl (C=O) groups excluding carboxylic acids is 1. The Labute approximate surface area is 150 Å². The van der Waals surface area contributed by atoms with E-state index in [1.165, 1.54) is 9.21 Å². The Hall–Kier alpha value is -1.80. The maximum Gasteiger partial charge on any atom is 0.246 e. The first-order valence-corrected chi connectivity index (χ1v) is 10.4. The Kier molecular flexibility index (Phi) is 6.29. The maximum absolute atomic E-state index is 12.9. The van der Waals surface area contributed by atoms with Gasteiger partial charge in [-0.2, -0.15) is 0 Å². The second kappa shape index (κ2) is 8.05. The zero-order chi connectivity index (χ0) is 18.6. The van der Waals surface area contributed by atoms with Gasteiger partial charge in [0.2, 0.25) is 15.9 Å². The predicted octanol–water partition coefficient (Wildman–Crippen LogP) is -0.403. The number of methoxy groups -OCH3 is 1. The van der Waals surface area contributed by atoms with E-state index in [1.54, 1.807) is 43.2 Å². The minimum Gasteiger partial charge on any atom is -0.497 e. The van der Waals surface area contributed by atoms with E-state index in [0.29, 0.717) is 24.5 Å². The smallest absolute Gasteiger partial charge is 0.246 e. The monoisotopic (exact) mass is 370 g/mol. The van der Waals surface area contributed by atoms with Gasteiger partial charge in [-0.3, -0.25) is 9.10 Å². The quantitative estimate of drug-likeness (QED) is 0.740. The second-order valence-corrected chi connectivity index (χ2v) is 8.22. The molecule has 0 bridgehead atoms. The van der Waals surface area contributed by atoms with Gasteiger partial charge in [0.25, 0.3) is 0 Å². The Morgan fingerprint density at radius 2 is 1.84 bits per heavy atom. The fraction of sp³-hybridized carbons (Fsp3) is 0.588. The molecule has 1 amide bonds. The van der Waals surface area contributed by atoms with Crippen molar-refractivity contribution >= 4 is 21.6 Å². The number of nitrogens with one attached hydrogen (secondary N) is 1. The lowest BCUT2D eigenvalue weighted by molar-refractivity contribution is -0.902. The number of hydrogen-bond donors (Lipinski definition) is 1. The van der Waals surface area contributed by atoms with Gasteiger partial charge in [-0.1, -0.05) is 0 Å². The molecule has 0 spiro atoms. The van der Waals surface area contributed by atoms with Crippen LogP contribution in [0.2, 0.25) is 0 Å². The van der Waals surface area contributed by atoms with E-state index in [-0.39, 0.29) is 5.91 Å². The Morgan fingerprint density at radius 3 is 2.28 bits per heavy atom. The van der Waals surface area contributed by atoms with Crippen LogP contribution in [0.5, 0.6) is 5.75 Å². The first-order chi connectivity index (χ1) is 11.8. The Morgan fingerprint density at radius 1 is 1.28 bits per heavy atom. The lowest BCUT2D eigenvalue weighted by Crippen LogP contribution is -3.14. The molecule has 1 aliphatic rings. The van der Waals surface area contributed by atoms with Crippen LogP contribution < -0.4 is 13.9 Å². The third kappa shape index (κ3) is 4.64. The molecule has 1 heterocycles. The van der Waals surface area contributed by atoms with E-state index in [4.69, 9.17) is 4.74 Å². The van der Waals surface area contributed by atoms with Crippen LogP contribution in [-0.4, -0.2) is 71.4 Å². The highest BCUT2D eigenvalue weighted by atomic mass is 32.2. The van der Waals surface area contributed by atoms with E-state index >= 15 is 0 Å². The molecule has 0 aliphatic carbocycles. The van der Waals surface area contributed by atoms with Crippen molar-refractivity contribution in [1.82, 2.24) is 4.90 Å². The SMILES string of the molecule is CC[NH+]1CCN(C(=O)[C@@H](C)N(c2ccc(OC)cc2)S(C)(=O)=O)CC1.